The van der Waals surface area contributed by atoms with E-state index in [0.29, 0.717) is 5.75 Å². The van der Waals surface area contributed by atoms with Crippen LogP contribution in [0.25, 0.3) is 10.9 Å². The van der Waals surface area contributed by atoms with E-state index in [1.807, 2.05) is 18.3 Å². The summed E-state index contributed by atoms with van der Waals surface area (Å²) >= 11 is 0. The third-order valence-corrected chi connectivity index (χ3v) is 4.50. The van der Waals surface area contributed by atoms with Crippen LogP contribution in [0, 0.1) is 0 Å². The number of piperidine rings is 1. The normalized spacial score (nSPS) is 15.8. The van der Waals surface area contributed by atoms with Gasteiger partial charge in [0, 0.05) is 44.8 Å². The number of aliphatic hydroxyl groups is 1. The second-order valence-corrected chi connectivity index (χ2v) is 8.04. The number of hydrogen-bond acceptors (Lipinski definition) is 7. The summed E-state index contributed by atoms with van der Waals surface area (Å²) in [6.45, 7) is 8.03. The van der Waals surface area contributed by atoms with Crippen LogP contribution in [0.2, 0.25) is 0 Å². The van der Waals surface area contributed by atoms with Gasteiger partial charge in [0.2, 0.25) is 0 Å². The summed E-state index contributed by atoms with van der Waals surface area (Å²) in [5.41, 5.74) is 4.02. The highest BCUT2D eigenvalue weighted by atomic mass is 16.5. The van der Waals surface area contributed by atoms with Crippen molar-refractivity contribution in [2.75, 3.05) is 27.3 Å². The van der Waals surface area contributed by atoms with E-state index >= 15 is 0 Å². The molecule has 2 aromatic rings. The van der Waals surface area contributed by atoms with Gasteiger partial charge in [0.1, 0.15) is 0 Å². The highest BCUT2D eigenvalue weighted by Crippen LogP contribution is 2.33. The lowest BCUT2D eigenvalue weighted by atomic mass is 10.0. The van der Waals surface area contributed by atoms with E-state index in [1.54, 1.807) is 35.0 Å². The molecule has 0 amide bonds. The second kappa shape index (κ2) is 10.0. The molecule has 0 spiro atoms. The fourth-order valence-electron chi connectivity index (χ4n) is 3.13. The molecule has 0 saturated carbocycles. The number of pyridine rings is 1. The maximum absolute atomic E-state index is 9.01. The molecule has 7 nitrogen and oxygen atoms in total. The molecule has 0 bridgehead atoms. The minimum absolute atomic E-state index is 0. The van der Waals surface area contributed by atoms with E-state index in [1.165, 1.54) is 5.56 Å². The predicted octanol–water partition coefficient (Wildman–Crippen LogP) is 3.22. The lowest BCUT2D eigenvalue weighted by molar-refractivity contribution is 0.0807. The molecule has 0 aliphatic carbocycles. The Morgan fingerprint density at radius 1 is 1.18 bits per heavy atom. The van der Waals surface area contributed by atoms with Crippen LogP contribution >= 0.6 is 0 Å². The van der Waals surface area contributed by atoms with E-state index in [-0.39, 0.29) is 7.47 Å². The highest BCUT2D eigenvalue weighted by molar-refractivity contribution is 5.85. The fourth-order valence-corrected chi connectivity index (χ4v) is 3.13. The minimum atomic E-state index is -0.500. The first-order valence-corrected chi connectivity index (χ1v) is 9.59. The van der Waals surface area contributed by atoms with Gasteiger partial charge < -0.3 is 19.8 Å². The second-order valence-electron chi connectivity index (χ2n) is 8.04. The van der Waals surface area contributed by atoms with Gasteiger partial charge in [-0.05, 0) is 51.3 Å². The summed E-state index contributed by atoms with van der Waals surface area (Å²) in [7, 11) is 3.28. The first-order chi connectivity index (χ1) is 13.2. The van der Waals surface area contributed by atoms with Gasteiger partial charge in [0.05, 0.1) is 25.3 Å². The van der Waals surface area contributed by atoms with Crippen LogP contribution in [0.1, 0.15) is 40.6 Å². The number of nitrogens with one attached hydrogen (secondary N) is 1. The molecule has 3 rings (SSSR count). The summed E-state index contributed by atoms with van der Waals surface area (Å²) < 4.78 is 10.8. The van der Waals surface area contributed by atoms with E-state index in [0.717, 1.165) is 49.1 Å². The lowest BCUT2D eigenvalue weighted by Gasteiger charge is -2.31. The molecule has 7 heteroatoms. The summed E-state index contributed by atoms with van der Waals surface area (Å²) in [5, 5.41) is 18.6. The number of methoxy groups -OCH3 is 2. The molecule has 1 aliphatic rings. The van der Waals surface area contributed by atoms with E-state index in [2.05, 4.69) is 21.4 Å². The monoisotopic (exact) mass is 393 g/mol. The van der Waals surface area contributed by atoms with Crippen molar-refractivity contribution in [3.05, 3.63) is 30.0 Å². The number of fused-ring (bicyclic) bond motifs is 1. The van der Waals surface area contributed by atoms with Crippen LogP contribution in [0.3, 0.4) is 0 Å². The number of hydroxylamine groups is 1. The molecule has 1 aromatic heterocycles. The van der Waals surface area contributed by atoms with Crippen molar-refractivity contribution in [3.63, 3.8) is 0 Å². The lowest BCUT2D eigenvalue weighted by Crippen LogP contribution is -2.40. The Bertz CT molecular complexity index is 753. The molecule has 158 valence electrons. The standard InChI is InChI=1S/C17H23N3O3.C4H10O.H2/c1-22-16-9-14-12(3-6-18-15(14)10-17(16)23-2)11-20-7-4-13(19-21)5-8-20;1-4(2,3)5;/h3,6,9-10,13,19,21H,4-5,7-8,11H2,1-2H3;5H,1-3H3;1H. The predicted molar refractivity (Wildman–Crippen MR) is 112 cm³/mol. The molecule has 0 unspecified atom stereocenters. The molecule has 1 aromatic carbocycles. The molecular formula is C21H35N3O4. The largest absolute Gasteiger partial charge is 0.493 e. The molecule has 1 fully saturated rings. The van der Waals surface area contributed by atoms with Gasteiger partial charge in [-0.2, -0.15) is 0 Å². The number of rotatable bonds is 5. The van der Waals surface area contributed by atoms with E-state index in [4.69, 9.17) is 19.8 Å². The van der Waals surface area contributed by atoms with Crippen LogP contribution in [-0.4, -0.2) is 59.1 Å². The topological polar surface area (TPSA) is 87.1 Å². The van der Waals surface area contributed by atoms with Crippen LogP contribution in [-0.2, 0) is 6.54 Å². The van der Waals surface area contributed by atoms with E-state index in [9.17, 15) is 0 Å². The van der Waals surface area contributed by atoms with Crippen LogP contribution in [0.15, 0.2) is 24.4 Å². The zero-order chi connectivity index (χ0) is 20.7. The van der Waals surface area contributed by atoms with Crippen LogP contribution in [0.4, 0.5) is 0 Å². The van der Waals surface area contributed by atoms with Crippen molar-refractivity contribution >= 4 is 10.9 Å². The van der Waals surface area contributed by atoms with Gasteiger partial charge in [0.15, 0.2) is 11.5 Å². The SMILES string of the molecule is CC(C)(C)O.COc1cc2nccc(CN3CCC(NO)CC3)c2cc1OC.[HH]. The van der Waals surface area contributed by atoms with Crippen molar-refractivity contribution in [2.24, 2.45) is 0 Å². The Balaban J connectivity index is 0.000000628. The summed E-state index contributed by atoms with van der Waals surface area (Å²) in [6.07, 6.45) is 3.75. The summed E-state index contributed by atoms with van der Waals surface area (Å²) in [5.74, 6) is 1.41. The molecule has 3 N–H and O–H groups in total. The van der Waals surface area contributed by atoms with Crippen molar-refractivity contribution in [2.45, 2.75) is 51.8 Å². The van der Waals surface area contributed by atoms with Crippen molar-refractivity contribution in [1.82, 2.24) is 15.4 Å². The number of aromatic nitrogens is 1. The van der Waals surface area contributed by atoms with E-state index < -0.39 is 5.60 Å². The number of benzene rings is 1. The first-order valence-electron chi connectivity index (χ1n) is 9.59. The number of likely N-dealkylation sites (tertiary alicyclic amines) is 1. The zero-order valence-electron chi connectivity index (χ0n) is 17.5. The molecular weight excluding hydrogens is 358 g/mol. The van der Waals surface area contributed by atoms with Gasteiger partial charge in [-0.3, -0.25) is 9.88 Å². The Labute approximate surface area is 168 Å². The van der Waals surface area contributed by atoms with Gasteiger partial charge >= 0.3 is 0 Å². The highest BCUT2D eigenvalue weighted by Gasteiger charge is 2.19. The number of ether oxygens (including phenoxy) is 2. The van der Waals surface area contributed by atoms with Crippen molar-refractivity contribution < 1.29 is 21.2 Å². The van der Waals surface area contributed by atoms with Gasteiger partial charge in [-0.1, -0.05) is 0 Å². The number of nitrogens with zero attached hydrogens (tertiary/aromatic N) is 2. The third kappa shape index (κ3) is 6.60. The zero-order valence-corrected chi connectivity index (χ0v) is 17.5. The first kappa shape index (κ1) is 22.4. The molecule has 1 aliphatic heterocycles. The maximum Gasteiger partial charge on any atom is 0.162 e. The average Bonchev–Trinajstić information content (AvgIpc) is 2.66. The Kier molecular flexibility index (Phi) is 8.00. The quantitative estimate of drug-likeness (QED) is 0.672. The molecule has 0 atom stereocenters. The van der Waals surface area contributed by atoms with Gasteiger partial charge in [-0.15, -0.1) is 0 Å². The van der Waals surface area contributed by atoms with Crippen molar-refractivity contribution in [3.8, 4) is 11.5 Å². The molecule has 1 saturated heterocycles. The van der Waals surface area contributed by atoms with Gasteiger partial charge in [-0.25, -0.2) is 5.48 Å². The van der Waals surface area contributed by atoms with Crippen LogP contribution in [0.5, 0.6) is 11.5 Å². The Hall–Kier alpha value is -1.93. The average molecular weight is 394 g/mol. The molecule has 2 heterocycles. The smallest absolute Gasteiger partial charge is 0.162 e. The fraction of sp³-hybridized carbons (Fsp3) is 0.571. The Morgan fingerprint density at radius 2 is 1.75 bits per heavy atom. The molecule has 28 heavy (non-hydrogen) atoms. The Morgan fingerprint density at radius 3 is 2.29 bits per heavy atom. The third-order valence-electron chi connectivity index (χ3n) is 4.50. The molecule has 0 radical (unpaired) electrons. The number of hydrogen-bond donors (Lipinski definition) is 3. The van der Waals surface area contributed by atoms with Gasteiger partial charge in [0.25, 0.3) is 0 Å². The van der Waals surface area contributed by atoms with Crippen LogP contribution < -0.4 is 15.0 Å². The summed E-state index contributed by atoms with van der Waals surface area (Å²) in [4.78, 5) is 6.85. The minimum Gasteiger partial charge on any atom is -0.493 e. The maximum atomic E-state index is 9.01. The van der Waals surface area contributed by atoms with Crippen molar-refractivity contribution in [1.29, 1.82) is 0 Å². The summed E-state index contributed by atoms with van der Waals surface area (Å²) in [6, 6.07) is 6.19.